The zero-order chi connectivity index (χ0) is 15.6. The third-order valence-corrected chi connectivity index (χ3v) is 5.20. The van der Waals surface area contributed by atoms with Gasteiger partial charge < -0.3 is 4.57 Å². The highest BCUT2D eigenvalue weighted by Crippen LogP contribution is 2.40. The molecule has 0 N–H and O–H groups in total. The van der Waals surface area contributed by atoms with E-state index in [0.29, 0.717) is 0 Å². The molecule has 1 aliphatic carbocycles. The van der Waals surface area contributed by atoms with E-state index < -0.39 is 0 Å². The summed E-state index contributed by atoms with van der Waals surface area (Å²) < 4.78 is 2.50. The van der Waals surface area contributed by atoms with Gasteiger partial charge in [0.15, 0.2) is 0 Å². The maximum atomic E-state index is 4.67. The van der Waals surface area contributed by atoms with E-state index in [4.69, 9.17) is 0 Å². The number of rotatable bonds is 5. The summed E-state index contributed by atoms with van der Waals surface area (Å²) in [5, 5.41) is 0. The topological polar surface area (TPSA) is 34.0 Å². The van der Waals surface area contributed by atoms with Crippen LogP contribution in [0, 0.1) is 12.8 Å². The van der Waals surface area contributed by atoms with E-state index in [9.17, 15) is 0 Å². The van der Waals surface area contributed by atoms with Crippen LogP contribution in [0.2, 0.25) is 0 Å². The molecule has 2 aromatic heterocycles. The van der Waals surface area contributed by atoms with Gasteiger partial charge in [-0.2, -0.15) is 0 Å². The lowest BCUT2D eigenvalue weighted by atomic mass is 9.97. The number of likely N-dealkylation sites (tertiary alicyclic amines) is 1. The van der Waals surface area contributed by atoms with Gasteiger partial charge in [-0.25, -0.2) is 4.98 Å². The molecule has 1 atom stereocenters. The Morgan fingerprint density at radius 3 is 2.91 bits per heavy atom. The molecule has 122 valence electrons. The molecule has 0 radical (unpaired) electrons. The van der Waals surface area contributed by atoms with Crippen molar-refractivity contribution < 1.29 is 0 Å². The number of aryl methyl sites for hydroxylation is 1. The number of hydrogen-bond donors (Lipinski definition) is 0. The number of nitrogens with zero attached hydrogens (tertiary/aromatic N) is 4. The van der Waals surface area contributed by atoms with Crippen LogP contribution in [-0.4, -0.2) is 32.5 Å². The average Bonchev–Trinajstić information content (AvgIpc) is 3.35. The van der Waals surface area contributed by atoms with E-state index in [1.807, 2.05) is 18.5 Å². The van der Waals surface area contributed by atoms with Gasteiger partial charge in [-0.3, -0.25) is 9.88 Å². The monoisotopic (exact) mass is 310 g/mol. The predicted molar refractivity (Wildman–Crippen MR) is 91.2 cm³/mol. The first-order valence-electron chi connectivity index (χ1n) is 8.93. The fourth-order valence-corrected chi connectivity index (χ4v) is 3.84. The highest BCUT2D eigenvalue weighted by Gasteiger charge is 2.30. The standard InChI is InChI=1S/C19H26N4/c1-15-10-21-19(18-6-7-18)23(15)14-17-5-3-9-22(13-17)12-16-4-2-8-20-11-16/h2,4,8,10-11,17-18H,3,5-7,9,12-14H2,1H3. The van der Waals surface area contributed by atoms with E-state index in [0.717, 1.165) is 24.9 Å². The number of aromatic nitrogens is 3. The van der Waals surface area contributed by atoms with Crippen molar-refractivity contribution in [1.29, 1.82) is 0 Å². The van der Waals surface area contributed by atoms with Gasteiger partial charge in [0, 0.05) is 49.8 Å². The summed E-state index contributed by atoms with van der Waals surface area (Å²) in [4.78, 5) is 11.5. The van der Waals surface area contributed by atoms with Crippen LogP contribution in [0.5, 0.6) is 0 Å². The molecule has 4 nitrogen and oxygen atoms in total. The first-order chi connectivity index (χ1) is 11.3. The first-order valence-corrected chi connectivity index (χ1v) is 8.93. The fourth-order valence-electron chi connectivity index (χ4n) is 3.84. The molecular weight excluding hydrogens is 284 g/mol. The molecule has 0 bridgehead atoms. The molecule has 1 saturated carbocycles. The van der Waals surface area contributed by atoms with E-state index in [1.54, 1.807) is 0 Å². The Bertz CT molecular complexity index is 645. The van der Waals surface area contributed by atoms with Gasteiger partial charge in [0.05, 0.1) is 0 Å². The first kappa shape index (κ1) is 14.9. The summed E-state index contributed by atoms with van der Waals surface area (Å²) in [5.41, 5.74) is 2.65. The Hall–Kier alpha value is -1.68. The Morgan fingerprint density at radius 1 is 1.22 bits per heavy atom. The third kappa shape index (κ3) is 3.47. The minimum atomic E-state index is 0.735. The van der Waals surface area contributed by atoms with Crippen molar-refractivity contribution in [2.24, 2.45) is 5.92 Å². The van der Waals surface area contributed by atoms with Gasteiger partial charge >= 0.3 is 0 Å². The molecule has 2 aliphatic rings. The van der Waals surface area contributed by atoms with Crippen LogP contribution >= 0.6 is 0 Å². The number of piperidine rings is 1. The summed E-state index contributed by atoms with van der Waals surface area (Å²) in [6.07, 6.45) is 11.2. The van der Waals surface area contributed by atoms with Crippen molar-refractivity contribution in [3.63, 3.8) is 0 Å². The number of imidazole rings is 1. The van der Waals surface area contributed by atoms with Gasteiger partial charge in [-0.05, 0) is 56.7 Å². The van der Waals surface area contributed by atoms with Crippen molar-refractivity contribution in [1.82, 2.24) is 19.4 Å². The molecule has 0 aromatic carbocycles. The van der Waals surface area contributed by atoms with Crippen molar-refractivity contribution >= 4 is 0 Å². The van der Waals surface area contributed by atoms with Gasteiger partial charge in [-0.15, -0.1) is 0 Å². The van der Waals surface area contributed by atoms with Gasteiger partial charge in [0.25, 0.3) is 0 Å². The van der Waals surface area contributed by atoms with Gasteiger partial charge in [0.1, 0.15) is 5.82 Å². The maximum Gasteiger partial charge on any atom is 0.111 e. The van der Waals surface area contributed by atoms with E-state index in [1.165, 1.54) is 55.9 Å². The second-order valence-electron chi connectivity index (χ2n) is 7.25. The third-order valence-electron chi connectivity index (χ3n) is 5.20. The van der Waals surface area contributed by atoms with Crippen LogP contribution in [0.25, 0.3) is 0 Å². The zero-order valence-electron chi connectivity index (χ0n) is 14.0. The van der Waals surface area contributed by atoms with E-state index >= 15 is 0 Å². The highest BCUT2D eigenvalue weighted by atomic mass is 15.1. The number of pyridine rings is 1. The van der Waals surface area contributed by atoms with Crippen molar-refractivity contribution in [3.8, 4) is 0 Å². The molecule has 23 heavy (non-hydrogen) atoms. The van der Waals surface area contributed by atoms with E-state index in [-0.39, 0.29) is 0 Å². The Kier molecular flexibility index (Phi) is 4.17. The molecule has 1 aliphatic heterocycles. The SMILES string of the molecule is Cc1cnc(C2CC2)n1CC1CCCN(Cc2cccnc2)C1. The molecule has 0 spiro atoms. The summed E-state index contributed by atoms with van der Waals surface area (Å²) in [7, 11) is 0. The Labute approximate surface area is 138 Å². The van der Waals surface area contributed by atoms with Crippen LogP contribution < -0.4 is 0 Å². The van der Waals surface area contributed by atoms with Crippen LogP contribution in [0.15, 0.2) is 30.7 Å². The quantitative estimate of drug-likeness (QED) is 0.849. The summed E-state index contributed by atoms with van der Waals surface area (Å²) in [6, 6.07) is 4.22. The normalized spacial score (nSPS) is 22.4. The largest absolute Gasteiger partial charge is 0.332 e. The summed E-state index contributed by atoms with van der Waals surface area (Å²) in [5.74, 6) is 2.82. The second kappa shape index (κ2) is 6.44. The zero-order valence-corrected chi connectivity index (χ0v) is 14.0. The average molecular weight is 310 g/mol. The van der Waals surface area contributed by atoms with Crippen molar-refractivity contribution in [2.75, 3.05) is 13.1 Å². The predicted octanol–water partition coefficient (Wildman–Crippen LogP) is 3.38. The lowest BCUT2D eigenvalue weighted by Crippen LogP contribution is -2.36. The van der Waals surface area contributed by atoms with Gasteiger partial charge in [-0.1, -0.05) is 6.07 Å². The Morgan fingerprint density at radius 2 is 2.13 bits per heavy atom. The molecule has 1 unspecified atom stereocenters. The van der Waals surface area contributed by atoms with Crippen LogP contribution in [0.3, 0.4) is 0 Å². The van der Waals surface area contributed by atoms with E-state index in [2.05, 4.69) is 38.6 Å². The minimum Gasteiger partial charge on any atom is -0.332 e. The molecule has 1 saturated heterocycles. The molecule has 4 heteroatoms. The lowest BCUT2D eigenvalue weighted by Gasteiger charge is -2.33. The molecule has 2 aromatic rings. The Balaban J connectivity index is 1.41. The molecule has 4 rings (SSSR count). The van der Waals surface area contributed by atoms with Crippen molar-refractivity contribution in [3.05, 3.63) is 47.8 Å². The molecule has 0 amide bonds. The van der Waals surface area contributed by atoms with Crippen LogP contribution in [0.1, 0.15) is 48.7 Å². The highest BCUT2D eigenvalue weighted by molar-refractivity contribution is 5.13. The lowest BCUT2D eigenvalue weighted by molar-refractivity contribution is 0.155. The second-order valence-corrected chi connectivity index (χ2v) is 7.25. The van der Waals surface area contributed by atoms with Crippen LogP contribution in [-0.2, 0) is 13.1 Å². The van der Waals surface area contributed by atoms with Crippen LogP contribution in [0.4, 0.5) is 0 Å². The molecule has 3 heterocycles. The fraction of sp³-hybridized carbons (Fsp3) is 0.579. The smallest absolute Gasteiger partial charge is 0.111 e. The minimum absolute atomic E-state index is 0.735. The maximum absolute atomic E-state index is 4.67. The molecular formula is C19H26N4. The summed E-state index contributed by atoms with van der Waals surface area (Å²) >= 11 is 0. The van der Waals surface area contributed by atoms with Gasteiger partial charge in [0.2, 0.25) is 0 Å². The van der Waals surface area contributed by atoms with Crippen molar-refractivity contribution in [2.45, 2.75) is 51.6 Å². The number of hydrogen-bond acceptors (Lipinski definition) is 3. The molecule has 2 fully saturated rings. The summed E-state index contributed by atoms with van der Waals surface area (Å²) in [6.45, 7) is 6.78.